The molecule has 0 aromatic heterocycles. The SMILES string of the molecule is C=Cc1ccc(OCCCCBr)cc1. The molecule has 0 atom stereocenters. The summed E-state index contributed by atoms with van der Waals surface area (Å²) >= 11 is 3.39. The first kappa shape index (κ1) is 11.3. The maximum absolute atomic E-state index is 5.55. The highest BCUT2D eigenvalue weighted by Crippen LogP contribution is 2.13. The second-order valence-corrected chi connectivity index (χ2v) is 3.81. The Morgan fingerprint density at radius 2 is 1.93 bits per heavy atom. The molecule has 0 saturated carbocycles. The molecule has 1 aromatic carbocycles. The third-order valence-electron chi connectivity index (χ3n) is 1.91. The Morgan fingerprint density at radius 3 is 2.50 bits per heavy atom. The topological polar surface area (TPSA) is 9.23 Å². The molecule has 0 heterocycles. The fourth-order valence-electron chi connectivity index (χ4n) is 1.09. The summed E-state index contributed by atoms with van der Waals surface area (Å²) in [7, 11) is 0. The standard InChI is InChI=1S/C12H15BrO/c1-2-11-5-7-12(8-6-11)14-10-4-3-9-13/h2,5-8H,1,3-4,9-10H2. The molecule has 1 aromatic rings. The molecule has 0 aliphatic carbocycles. The Kier molecular flexibility index (Phi) is 5.38. The van der Waals surface area contributed by atoms with Crippen molar-refractivity contribution in [2.24, 2.45) is 0 Å². The van der Waals surface area contributed by atoms with Gasteiger partial charge < -0.3 is 4.74 Å². The van der Waals surface area contributed by atoms with E-state index in [0.717, 1.165) is 36.1 Å². The largest absolute Gasteiger partial charge is 0.494 e. The molecule has 1 rings (SSSR count). The minimum atomic E-state index is 0.791. The number of ether oxygens (including phenoxy) is 1. The molecule has 1 nitrogen and oxygen atoms in total. The molecule has 0 N–H and O–H groups in total. The fraction of sp³-hybridized carbons (Fsp3) is 0.333. The highest BCUT2D eigenvalue weighted by atomic mass is 79.9. The highest BCUT2D eigenvalue weighted by Gasteiger charge is 1.92. The fourth-order valence-corrected chi connectivity index (χ4v) is 1.48. The Labute approximate surface area is 93.9 Å². The van der Waals surface area contributed by atoms with E-state index in [-0.39, 0.29) is 0 Å². The lowest BCUT2D eigenvalue weighted by Gasteiger charge is -2.05. The van der Waals surface area contributed by atoms with E-state index in [1.807, 2.05) is 30.3 Å². The summed E-state index contributed by atoms with van der Waals surface area (Å²) in [4.78, 5) is 0. The van der Waals surface area contributed by atoms with Crippen LogP contribution < -0.4 is 4.74 Å². The number of hydrogen-bond donors (Lipinski definition) is 0. The summed E-state index contributed by atoms with van der Waals surface area (Å²) in [6, 6.07) is 7.97. The van der Waals surface area contributed by atoms with Gasteiger partial charge in [0.1, 0.15) is 5.75 Å². The molecule has 0 fully saturated rings. The summed E-state index contributed by atoms with van der Waals surface area (Å²) < 4.78 is 5.55. The van der Waals surface area contributed by atoms with Crippen LogP contribution in [0.15, 0.2) is 30.8 Å². The molecule has 0 bridgehead atoms. The Hall–Kier alpha value is -0.760. The molecular formula is C12H15BrO. The van der Waals surface area contributed by atoms with E-state index in [4.69, 9.17) is 4.74 Å². The second-order valence-electron chi connectivity index (χ2n) is 3.02. The number of alkyl halides is 1. The van der Waals surface area contributed by atoms with E-state index >= 15 is 0 Å². The molecule has 0 saturated heterocycles. The van der Waals surface area contributed by atoms with Gasteiger partial charge in [0.25, 0.3) is 0 Å². The molecule has 2 heteroatoms. The van der Waals surface area contributed by atoms with E-state index in [1.54, 1.807) is 0 Å². The zero-order valence-electron chi connectivity index (χ0n) is 8.21. The van der Waals surface area contributed by atoms with Gasteiger partial charge in [-0.2, -0.15) is 0 Å². The second kappa shape index (κ2) is 6.66. The third-order valence-corrected chi connectivity index (χ3v) is 2.47. The first-order valence-corrected chi connectivity index (χ1v) is 5.90. The highest BCUT2D eigenvalue weighted by molar-refractivity contribution is 9.09. The van der Waals surface area contributed by atoms with Crippen LogP contribution in [-0.2, 0) is 0 Å². The first-order chi connectivity index (χ1) is 6.86. The molecule has 0 aliphatic rings. The zero-order valence-corrected chi connectivity index (χ0v) is 9.79. The molecule has 0 spiro atoms. The van der Waals surface area contributed by atoms with Gasteiger partial charge in [-0.15, -0.1) is 0 Å². The first-order valence-electron chi connectivity index (χ1n) is 4.78. The van der Waals surface area contributed by atoms with Crippen LogP contribution in [0.2, 0.25) is 0 Å². The van der Waals surface area contributed by atoms with Gasteiger partial charge in [-0.1, -0.05) is 40.7 Å². The van der Waals surface area contributed by atoms with Crippen LogP contribution in [0.3, 0.4) is 0 Å². The molecule has 0 aliphatic heterocycles. The predicted octanol–water partition coefficient (Wildman–Crippen LogP) is 3.88. The van der Waals surface area contributed by atoms with E-state index in [2.05, 4.69) is 22.5 Å². The van der Waals surface area contributed by atoms with Crippen molar-refractivity contribution >= 4 is 22.0 Å². The zero-order chi connectivity index (χ0) is 10.2. The number of benzene rings is 1. The lowest BCUT2D eigenvalue weighted by Crippen LogP contribution is -1.97. The lowest BCUT2D eigenvalue weighted by molar-refractivity contribution is 0.310. The maximum atomic E-state index is 5.55. The number of unbranched alkanes of at least 4 members (excludes halogenated alkanes) is 1. The minimum absolute atomic E-state index is 0.791. The quantitative estimate of drug-likeness (QED) is 0.553. The van der Waals surface area contributed by atoms with Crippen molar-refractivity contribution in [1.29, 1.82) is 0 Å². The Morgan fingerprint density at radius 1 is 1.21 bits per heavy atom. The van der Waals surface area contributed by atoms with Crippen LogP contribution in [0, 0.1) is 0 Å². The Bertz CT molecular complexity index is 266. The third kappa shape index (κ3) is 3.97. The van der Waals surface area contributed by atoms with Crippen molar-refractivity contribution in [1.82, 2.24) is 0 Å². The molecular weight excluding hydrogens is 240 g/mol. The molecule has 0 amide bonds. The van der Waals surface area contributed by atoms with E-state index in [9.17, 15) is 0 Å². The van der Waals surface area contributed by atoms with Gasteiger partial charge in [-0.05, 0) is 30.5 Å². The van der Waals surface area contributed by atoms with Gasteiger partial charge in [0.05, 0.1) is 6.61 Å². The van der Waals surface area contributed by atoms with Crippen molar-refractivity contribution in [3.05, 3.63) is 36.4 Å². The average Bonchev–Trinajstić information content (AvgIpc) is 2.25. The smallest absolute Gasteiger partial charge is 0.119 e. The number of rotatable bonds is 6. The van der Waals surface area contributed by atoms with Gasteiger partial charge in [0, 0.05) is 5.33 Å². The van der Waals surface area contributed by atoms with E-state index in [1.165, 1.54) is 0 Å². The summed E-state index contributed by atoms with van der Waals surface area (Å²) in [6.07, 6.45) is 4.08. The van der Waals surface area contributed by atoms with Gasteiger partial charge in [-0.3, -0.25) is 0 Å². The predicted molar refractivity (Wildman–Crippen MR) is 65.1 cm³/mol. The normalized spacial score (nSPS) is 9.79. The molecule has 76 valence electrons. The maximum Gasteiger partial charge on any atom is 0.119 e. The summed E-state index contributed by atoms with van der Waals surface area (Å²) in [5.41, 5.74) is 1.12. The Balaban J connectivity index is 2.32. The number of hydrogen-bond acceptors (Lipinski definition) is 1. The van der Waals surface area contributed by atoms with Crippen LogP contribution >= 0.6 is 15.9 Å². The van der Waals surface area contributed by atoms with Gasteiger partial charge in [0.15, 0.2) is 0 Å². The molecule has 14 heavy (non-hydrogen) atoms. The van der Waals surface area contributed by atoms with E-state index in [0.29, 0.717) is 0 Å². The van der Waals surface area contributed by atoms with Crippen molar-refractivity contribution in [2.75, 3.05) is 11.9 Å². The van der Waals surface area contributed by atoms with Crippen LogP contribution in [0.5, 0.6) is 5.75 Å². The van der Waals surface area contributed by atoms with Crippen molar-refractivity contribution in [3.8, 4) is 5.75 Å². The monoisotopic (exact) mass is 254 g/mol. The van der Waals surface area contributed by atoms with Crippen LogP contribution in [-0.4, -0.2) is 11.9 Å². The van der Waals surface area contributed by atoms with Gasteiger partial charge >= 0.3 is 0 Å². The average molecular weight is 255 g/mol. The summed E-state index contributed by atoms with van der Waals surface area (Å²) in [6.45, 7) is 4.49. The van der Waals surface area contributed by atoms with Crippen molar-refractivity contribution < 1.29 is 4.74 Å². The lowest BCUT2D eigenvalue weighted by atomic mass is 10.2. The van der Waals surface area contributed by atoms with E-state index < -0.39 is 0 Å². The number of halogens is 1. The van der Waals surface area contributed by atoms with Crippen molar-refractivity contribution in [2.45, 2.75) is 12.8 Å². The minimum Gasteiger partial charge on any atom is -0.494 e. The summed E-state index contributed by atoms with van der Waals surface area (Å²) in [5, 5.41) is 1.05. The van der Waals surface area contributed by atoms with Crippen LogP contribution in [0.4, 0.5) is 0 Å². The molecule has 0 unspecified atom stereocenters. The van der Waals surface area contributed by atoms with Crippen LogP contribution in [0.1, 0.15) is 18.4 Å². The summed E-state index contributed by atoms with van der Waals surface area (Å²) in [5.74, 6) is 0.935. The molecule has 0 radical (unpaired) electrons. The van der Waals surface area contributed by atoms with Gasteiger partial charge in [0.2, 0.25) is 0 Å². The van der Waals surface area contributed by atoms with Gasteiger partial charge in [-0.25, -0.2) is 0 Å². The van der Waals surface area contributed by atoms with Crippen molar-refractivity contribution in [3.63, 3.8) is 0 Å². The van der Waals surface area contributed by atoms with Crippen LogP contribution in [0.25, 0.3) is 6.08 Å².